The first-order valence-corrected chi connectivity index (χ1v) is 8.26. The molecule has 4 aromatic rings. The summed E-state index contributed by atoms with van der Waals surface area (Å²) in [4.78, 5) is 8.66. The first-order valence-electron chi connectivity index (χ1n) is 7.38. The highest BCUT2D eigenvalue weighted by Crippen LogP contribution is 2.28. The summed E-state index contributed by atoms with van der Waals surface area (Å²) >= 11 is 1.53. The van der Waals surface area contributed by atoms with Crippen LogP contribution in [0.5, 0.6) is 5.75 Å². The van der Waals surface area contributed by atoms with Crippen LogP contribution in [0.2, 0.25) is 0 Å². The van der Waals surface area contributed by atoms with Crippen molar-refractivity contribution in [1.82, 2.24) is 14.5 Å². The van der Waals surface area contributed by atoms with Gasteiger partial charge in [-0.25, -0.2) is 9.97 Å². The predicted molar refractivity (Wildman–Crippen MR) is 96.1 cm³/mol. The number of anilines is 2. The van der Waals surface area contributed by atoms with Gasteiger partial charge in [-0.2, -0.15) is 0 Å². The van der Waals surface area contributed by atoms with Gasteiger partial charge in [0.15, 0.2) is 5.13 Å². The summed E-state index contributed by atoms with van der Waals surface area (Å²) in [5.41, 5.74) is 3.84. The zero-order chi connectivity index (χ0) is 16.4. The third-order valence-electron chi connectivity index (χ3n) is 3.57. The highest BCUT2D eigenvalue weighted by Gasteiger charge is 2.06. The van der Waals surface area contributed by atoms with Gasteiger partial charge in [-0.05, 0) is 24.3 Å². The largest absolute Gasteiger partial charge is 0.508 e. The van der Waals surface area contributed by atoms with E-state index in [1.807, 2.05) is 46.5 Å². The minimum Gasteiger partial charge on any atom is -0.508 e. The molecule has 0 amide bonds. The average Bonchev–Trinajstić information content (AvgIpc) is 3.27. The molecule has 0 fully saturated rings. The molecule has 0 aliphatic carbocycles. The summed E-state index contributed by atoms with van der Waals surface area (Å²) in [5, 5.41) is 15.5. The number of hydrogen-bond acceptors (Lipinski definition) is 5. The summed E-state index contributed by atoms with van der Waals surface area (Å²) in [7, 11) is 0. The summed E-state index contributed by atoms with van der Waals surface area (Å²) in [6.07, 6.45) is 5.44. The number of phenolic OH excluding ortho intramolecular Hbond substituents is 1. The Kier molecular flexibility index (Phi) is 3.72. The molecule has 0 saturated heterocycles. The highest BCUT2D eigenvalue weighted by molar-refractivity contribution is 7.14. The summed E-state index contributed by atoms with van der Waals surface area (Å²) < 4.78 is 1.96. The van der Waals surface area contributed by atoms with Gasteiger partial charge in [0.2, 0.25) is 0 Å². The molecule has 0 unspecified atom stereocenters. The van der Waals surface area contributed by atoms with Crippen LogP contribution >= 0.6 is 11.3 Å². The first kappa shape index (κ1) is 14.5. The Morgan fingerprint density at radius 3 is 2.71 bits per heavy atom. The van der Waals surface area contributed by atoms with E-state index in [0.717, 1.165) is 27.8 Å². The van der Waals surface area contributed by atoms with Crippen molar-refractivity contribution in [3.8, 4) is 22.7 Å². The fraction of sp³-hybridized carbons (Fsp3) is 0. The van der Waals surface area contributed by atoms with Gasteiger partial charge < -0.3 is 15.0 Å². The van der Waals surface area contributed by atoms with E-state index in [4.69, 9.17) is 0 Å². The quantitative estimate of drug-likeness (QED) is 0.579. The van der Waals surface area contributed by atoms with Gasteiger partial charge in [0.25, 0.3) is 0 Å². The smallest absolute Gasteiger partial charge is 0.187 e. The van der Waals surface area contributed by atoms with E-state index >= 15 is 0 Å². The molecule has 2 N–H and O–H groups in total. The number of nitrogens with one attached hydrogen (secondary N) is 1. The number of nitrogens with zero attached hydrogens (tertiary/aromatic N) is 3. The van der Waals surface area contributed by atoms with Crippen LogP contribution < -0.4 is 5.32 Å². The zero-order valence-corrected chi connectivity index (χ0v) is 13.4. The number of thiazole rings is 1. The lowest BCUT2D eigenvalue weighted by Crippen LogP contribution is -1.90. The van der Waals surface area contributed by atoms with Crippen LogP contribution in [0.4, 0.5) is 10.8 Å². The van der Waals surface area contributed by atoms with Gasteiger partial charge >= 0.3 is 0 Å². The lowest BCUT2D eigenvalue weighted by atomic mass is 10.1. The van der Waals surface area contributed by atoms with Crippen molar-refractivity contribution in [1.29, 1.82) is 0 Å². The van der Waals surface area contributed by atoms with Crippen LogP contribution in [0.25, 0.3) is 16.9 Å². The molecule has 5 nitrogen and oxygen atoms in total. The van der Waals surface area contributed by atoms with E-state index in [1.54, 1.807) is 30.7 Å². The average molecular weight is 334 g/mol. The molecule has 0 bridgehead atoms. The molecular formula is C18H14N4OS. The summed E-state index contributed by atoms with van der Waals surface area (Å²) in [5.74, 6) is 0.229. The second-order valence-electron chi connectivity index (χ2n) is 5.23. The fourth-order valence-corrected chi connectivity index (χ4v) is 3.13. The van der Waals surface area contributed by atoms with Crippen LogP contribution in [0.3, 0.4) is 0 Å². The molecule has 4 rings (SSSR count). The molecule has 24 heavy (non-hydrogen) atoms. The maximum atomic E-state index is 9.52. The van der Waals surface area contributed by atoms with E-state index in [0.29, 0.717) is 0 Å². The maximum absolute atomic E-state index is 9.52. The number of aromatic nitrogens is 3. The van der Waals surface area contributed by atoms with Gasteiger partial charge in [0.1, 0.15) is 5.75 Å². The predicted octanol–water partition coefficient (Wildman–Crippen LogP) is 4.45. The fourth-order valence-electron chi connectivity index (χ4n) is 2.39. The van der Waals surface area contributed by atoms with E-state index in [2.05, 4.69) is 15.3 Å². The maximum Gasteiger partial charge on any atom is 0.187 e. The molecule has 0 radical (unpaired) electrons. The zero-order valence-electron chi connectivity index (χ0n) is 12.6. The highest BCUT2D eigenvalue weighted by atomic mass is 32.1. The number of phenols is 1. The Morgan fingerprint density at radius 2 is 1.96 bits per heavy atom. The molecule has 0 spiro atoms. The lowest BCUT2D eigenvalue weighted by molar-refractivity contribution is 0.475. The molecule has 118 valence electrons. The third kappa shape index (κ3) is 3.00. The second kappa shape index (κ2) is 6.17. The van der Waals surface area contributed by atoms with Crippen LogP contribution in [0.1, 0.15) is 0 Å². The Bertz CT molecular complexity index is 945. The van der Waals surface area contributed by atoms with Gasteiger partial charge in [0, 0.05) is 40.8 Å². The van der Waals surface area contributed by atoms with Gasteiger partial charge in [-0.1, -0.05) is 18.2 Å². The molecule has 2 aromatic heterocycles. The van der Waals surface area contributed by atoms with E-state index in [-0.39, 0.29) is 5.75 Å². The topological polar surface area (TPSA) is 63.0 Å². The summed E-state index contributed by atoms with van der Waals surface area (Å²) in [6, 6.07) is 15.2. The van der Waals surface area contributed by atoms with Crippen molar-refractivity contribution in [2.24, 2.45) is 0 Å². The van der Waals surface area contributed by atoms with Crippen LogP contribution in [0.15, 0.2) is 72.6 Å². The number of hydrogen-bond donors (Lipinski definition) is 2. The molecule has 2 heterocycles. The van der Waals surface area contributed by atoms with Gasteiger partial charge in [-0.3, -0.25) is 0 Å². The molecule has 0 atom stereocenters. The molecule has 2 aromatic carbocycles. The van der Waals surface area contributed by atoms with Crippen LogP contribution in [-0.2, 0) is 0 Å². The monoisotopic (exact) mass is 334 g/mol. The van der Waals surface area contributed by atoms with Gasteiger partial charge in [-0.15, -0.1) is 11.3 Å². The van der Waals surface area contributed by atoms with Crippen molar-refractivity contribution >= 4 is 22.2 Å². The Balaban J connectivity index is 1.54. The number of imidazole rings is 1. The van der Waals surface area contributed by atoms with Crippen molar-refractivity contribution in [3.63, 3.8) is 0 Å². The van der Waals surface area contributed by atoms with Crippen molar-refractivity contribution < 1.29 is 5.11 Å². The van der Waals surface area contributed by atoms with Crippen molar-refractivity contribution in [2.75, 3.05) is 5.32 Å². The standard InChI is InChI=1S/C18H14N4OS/c23-16-3-1-2-14(10-16)20-18-21-17(11-24-18)13-4-6-15(7-5-13)22-9-8-19-12-22/h1-12,23H,(H,20,21). The van der Waals surface area contributed by atoms with Crippen LogP contribution in [0, 0.1) is 0 Å². The Morgan fingerprint density at radius 1 is 1.08 bits per heavy atom. The number of rotatable bonds is 4. The van der Waals surface area contributed by atoms with Crippen molar-refractivity contribution in [3.05, 3.63) is 72.6 Å². The molecule has 0 aliphatic heterocycles. The minimum absolute atomic E-state index is 0.229. The second-order valence-corrected chi connectivity index (χ2v) is 6.09. The van der Waals surface area contributed by atoms with E-state index < -0.39 is 0 Å². The first-order chi connectivity index (χ1) is 11.8. The number of aromatic hydroxyl groups is 1. The van der Waals surface area contributed by atoms with E-state index in [9.17, 15) is 5.11 Å². The van der Waals surface area contributed by atoms with Crippen LogP contribution in [-0.4, -0.2) is 19.6 Å². The molecule has 6 heteroatoms. The molecule has 0 aliphatic rings. The SMILES string of the molecule is Oc1cccc(Nc2nc(-c3ccc(-n4ccnc4)cc3)cs2)c1. The third-order valence-corrected chi connectivity index (χ3v) is 4.32. The Hall–Kier alpha value is -3.12. The normalized spacial score (nSPS) is 10.7. The van der Waals surface area contributed by atoms with E-state index in [1.165, 1.54) is 11.3 Å². The minimum atomic E-state index is 0.229. The molecule has 0 saturated carbocycles. The van der Waals surface area contributed by atoms with Crippen molar-refractivity contribution in [2.45, 2.75) is 0 Å². The number of benzene rings is 2. The lowest BCUT2D eigenvalue weighted by Gasteiger charge is -2.04. The molecular weight excluding hydrogens is 320 g/mol. The summed E-state index contributed by atoms with van der Waals surface area (Å²) in [6.45, 7) is 0. The van der Waals surface area contributed by atoms with Gasteiger partial charge in [0.05, 0.1) is 12.0 Å². The Labute approximate surface area is 142 Å².